The van der Waals surface area contributed by atoms with Gasteiger partial charge in [0, 0.05) is 0 Å². The van der Waals surface area contributed by atoms with Gasteiger partial charge in [0.05, 0.1) is 0 Å². The molecule has 0 aliphatic heterocycles. The minimum Gasteiger partial charge on any atom is -0.291 e. The van der Waals surface area contributed by atoms with E-state index < -0.39 is 0 Å². The summed E-state index contributed by atoms with van der Waals surface area (Å²) in [7, 11) is 0. The maximum atomic E-state index is 4.59. The van der Waals surface area contributed by atoms with Crippen LogP contribution in [-0.4, -0.2) is 5.44 Å². The third kappa shape index (κ3) is 8.82. The minimum atomic E-state index is -0.144. The van der Waals surface area contributed by atoms with E-state index in [1.807, 2.05) is 0 Å². The van der Waals surface area contributed by atoms with E-state index in [0.717, 1.165) is 0 Å². The fraction of sp³-hybridized carbons (Fsp3) is 1.00. The summed E-state index contributed by atoms with van der Waals surface area (Å²) in [6.45, 7) is 1.74. The molecule has 4 heteroatoms. The molecule has 0 saturated carbocycles. The third-order valence-electron chi connectivity index (χ3n) is 0.197. The maximum Gasteiger partial charge on any atom is 0.118 e. The Morgan fingerprint density at radius 2 is 2.00 bits per heavy atom. The Kier molecular flexibility index (Phi) is 9.04. The Labute approximate surface area is 48.8 Å². The van der Waals surface area contributed by atoms with Gasteiger partial charge >= 0.3 is 0 Å². The molecule has 0 amide bonds. The van der Waals surface area contributed by atoms with Crippen molar-refractivity contribution in [2.75, 3.05) is 0 Å². The van der Waals surface area contributed by atoms with Gasteiger partial charge in [0.2, 0.25) is 0 Å². The largest absolute Gasteiger partial charge is 0.291 e. The summed E-state index contributed by atoms with van der Waals surface area (Å²) in [6.07, 6.45) is 0. The van der Waals surface area contributed by atoms with Gasteiger partial charge in [-0.25, -0.2) is 5.90 Å². The van der Waals surface area contributed by atoms with Gasteiger partial charge in [-0.15, -0.1) is 25.0 Å². The van der Waals surface area contributed by atoms with Crippen LogP contribution in [0.1, 0.15) is 6.92 Å². The van der Waals surface area contributed by atoms with Crippen LogP contribution in [0.3, 0.4) is 0 Å². The zero-order valence-corrected chi connectivity index (χ0v) is 5.13. The van der Waals surface area contributed by atoms with Crippen LogP contribution in [0.4, 0.5) is 0 Å². The molecular weight excluding hydrogens is 122 g/mol. The number of rotatable bonds is 1. The van der Waals surface area contributed by atoms with Gasteiger partial charge in [0.25, 0.3) is 0 Å². The first-order valence-corrected chi connectivity index (χ1v) is 1.82. The van der Waals surface area contributed by atoms with Crippen molar-refractivity contribution >= 4 is 25.0 Å². The Morgan fingerprint density at radius 1 is 1.83 bits per heavy atom. The summed E-state index contributed by atoms with van der Waals surface area (Å²) >= 11 is 3.75. The van der Waals surface area contributed by atoms with Crippen LogP contribution in [0.25, 0.3) is 0 Å². The van der Waals surface area contributed by atoms with Crippen molar-refractivity contribution in [1.29, 1.82) is 0 Å². The molecular formula is C2H8ClNOS. The molecule has 0 radical (unpaired) electrons. The first-order chi connectivity index (χ1) is 2.27. The number of thiol groups is 1. The predicted molar refractivity (Wildman–Crippen MR) is 31.0 cm³/mol. The summed E-state index contributed by atoms with van der Waals surface area (Å²) in [5.41, 5.74) is -0.144. The number of nitrogens with two attached hydrogens (primary N) is 1. The Balaban J connectivity index is 0. The molecule has 0 aromatic rings. The van der Waals surface area contributed by atoms with E-state index in [9.17, 15) is 0 Å². The molecule has 0 aromatic heterocycles. The summed E-state index contributed by atoms with van der Waals surface area (Å²) < 4.78 is 0. The van der Waals surface area contributed by atoms with Crippen molar-refractivity contribution in [3.63, 3.8) is 0 Å². The molecule has 2 N–H and O–H groups in total. The molecule has 0 spiro atoms. The van der Waals surface area contributed by atoms with Crippen LogP contribution < -0.4 is 5.90 Å². The highest BCUT2D eigenvalue weighted by Gasteiger charge is 1.80. The van der Waals surface area contributed by atoms with Gasteiger partial charge in [-0.2, -0.15) is 0 Å². The van der Waals surface area contributed by atoms with Crippen LogP contribution in [0.15, 0.2) is 0 Å². The third-order valence-corrected chi connectivity index (χ3v) is 0.319. The van der Waals surface area contributed by atoms with Crippen molar-refractivity contribution < 1.29 is 4.84 Å². The quantitative estimate of drug-likeness (QED) is 0.309. The lowest BCUT2D eigenvalue weighted by Crippen LogP contribution is -2.04. The Bertz CT molecular complexity index is 27.5. The second-order valence-electron chi connectivity index (χ2n) is 0.735. The average Bonchev–Trinajstić information content (AvgIpc) is 1.38. The molecule has 0 fully saturated rings. The second kappa shape index (κ2) is 5.56. The summed E-state index contributed by atoms with van der Waals surface area (Å²) in [5.74, 6) is 4.59. The van der Waals surface area contributed by atoms with E-state index in [2.05, 4.69) is 23.4 Å². The lowest BCUT2D eigenvalue weighted by atomic mass is 10.9. The SMILES string of the molecule is CC(S)ON.Cl. The lowest BCUT2D eigenvalue weighted by molar-refractivity contribution is 0.129. The first-order valence-electron chi connectivity index (χ1n) is 1.31. The molecule has 0 bridgehead atoms. The number of hydrogen-bond acceptors (Lipinski definition) is 3. The molecule has 0 aliphatic carbocycles. The molecule has 6 heavy (non-hydrogen) atoms. The maximum absolute atomic E-state index is 4.59. The van der Waals surface area contributed by atoms with Gasteiger partial charge in [0.1, 0.15) is 5.44 Å². The zero-order valence-electron chi connectivity index (χ0n) is 3.42. The highest BCUT2D eigenvalue weighted by Crippen LogP contribution is 1.85. The van der Waals surface area contributed by atoms with Gasteiger partial charge < -0.3 is 0 Å². The smallest absolute Gasteiger partial charge is 0.118 e. The average molecular weight is 130 g/mol. The fourth-order valence-electron chi connectivity index (χ4n) is 0. The molecule has 2 nitrogen and oxygen atoms in total. The second-order valence-corrected chi connectivity index (χ2v) is 1.46. The number of hydrogen-bond donors (Lipinski definition) is 2. The van der Waals surface area contributed by atoms with Gasteiger partial charge in [-0.1, -0.05) is 0 Å². The van der Waals surface area contributed by atoms with Crippen LogP contribution in [0.5, 0.6) is 0 Å². The zero-order chi connectivity index (χ0) is 4.28. The van der Waals surface area contributed by atoms with E-state index in [1.165, 1.54) is 0 Å². The monoisotopic (exact) mass is 129 g/mol. The van der Waals surface area contributed by atoms with Gasteiger partial charge in [-0.3, -0.25) is 4.84 Å². The van der Waals surface area contributed by atoms with E-state index in [0.29, 0.717) is 0 Å². The highest BCUT2D eigenvalue weighted by atomic mass is 35.5. The van der Waals surface area contributed by atoms with Crippen molar-refractivity contribution in [2.45, 2.75) is 12.4 Å². The van der Waals surface area contributed by atoms with E-state index in [1.54, 1.807) is 6.92 Å². The van der Waals surface area contributed by atoms with Crippen molar-refractivity contribution in [2.24, 2.45) is 5.90 Å². The fourth-order valence-corrected chi connectivity index (χ4v) is 0. The molecule has 0 rings (SSSR count). The van der Waals surface area contributed by atoms with Crippen LogP contribution in [0.2, 0.25) is 0 Å². The Morgan fingerprint density at radius 3 is 2.00 bits per heavy atom. The van der Waals surface area contributed by atoms with E-state index >= 15 is 0 Å². The van der Waals surface area contributed by atoms with Gasteiger partial charge in [0.15, 0.2) is 0 Å². The van der Waals surface area contributed by atoms with Crippen LogP contribution >= 0.6 is 25.0 Å². The predicted octanol–water partition coefficient (Wildman–Crippen LogP) is 0.574. The molecule has 0 aromatic carbocycles. The molecule has 0 aliphatic rings. The van der Waals surface area contributed by atoms with Crippen molar-refractivity contribution in [3.05, 3.63) is 0 Å². The Hall–Kier alpha value is 0.560. The molecule has 40 valence electrons. The van der Waals surface area contributed by atoms with E-state index in [4.69, 9.17) is 0 Å². The molecule has 0 saturated heterocycles. The summed E-state index contributed by atoms with van der Waals surface area (Å²) in [6, 6.07) is 0. The van der Waals surface area contributed by atoms with Gasteiger partial charge in [-0.05, 0) is 6.92 Å². The molecule has 1 atom stereocenters. The standard InChI is InChI=1S/C2H7NOS.ClH/c1-2(5)4-3;/h2,5H,3H2,1H3;1H. The van der Waals surface area contributed by atoms with Crippen molar-refractivity contribution in [3.8, 4) is 0 Å². The topological polar surface area (TPSA) is 35.2 Å². The first kappa shape index (κ1) is 9.75. The lowest BCUT2D eigenvalue weighted by Gasteiger charge is -1.92. The van der Waals surface area contributed by atoms with Crippen molar-refractivity contribution in [1.82, 2.24) is 0 Å². The normalized spacial score (nSPS) is 12.5. The molecule has 1 unspecified atom stereocenters. The minimum absolute atomic E-state index is 0. The summed E-state index contributed by atoms with van der Waals surface area (Å²) in [5, 5.41) is 0. The highest BCUT2D eigenvalue weighted by molar-refractivity contribution is 7.80. The van der Waals surface area contributed by atoms with Crippen LogP contribution in [0, 0.1) is 0 Å². The van der Waals surface area contributed by atoms with E-state index in [-0.39, 0.29) is 17.8 Å². The van der Waals surface area contributed by atoms with Crippen LogP contribution in [-0.2, 0) is 4.84 Å². The summed E-state index contributed by atoms with van der Waals surface area (Å²) in [4.78, 5) is 4.11. The number of halogens is 1. The molecule has 0 heterocycles.